The molecule has 112 valence electrons. The zero-order valence-electron chi connectivity index (χ0n) is 11.1. The van der Waals surface area contributed by atoms with Gasteiger partial charge in [-0.2, -0.15) is 0 Å². The molecule has 2 atom stereocenters. The number of benzene rings is 1. The number of nitro groups is 1. The van der Waals surface area contributed by atoms with Gasteiger partial charge in [0.25, 0.3) is 5.69 Å². The lowest BCUT2D eigenvalue weighted by Gasteiger charge is -2.31. The monoisotopic (exact) mass is 365 g/mol. The Morgan fingerprint density at radius 3 is 2.50 bits per heavy atom. The van der Waals surface area contributed by atoms with Gasteiger partial charge in [-0.05, 0) is 12.0 Å². The summed E-state index contributed by atoms with van der Waals surface area (Å²) in [6.45, 7) is 3.11. The van der Waals surface area contributed by atoms with Gasteiger partial charge in [-0.1, -0.05) is 41.9 Å². The van der Waals surface area contributed by atoms with Gasteiger partial charge in [0.2, 0.25) is 0 Å². The van der Waals surface area contributed by atoms with Crippen LogP contribution < -0.4 is 0 Å². The van der Waals surface area contributed by atoms with E-state index >= 15 is 0 Å². The smallest absolute Gasteiger partial charge is 0.269 e. The summed E-state index contributed by atoms with van der Waals surface area (Å²) in [4.78, 5) is 10.2. The first-order valence-electron chi connectivity index (χ1n) is 6.03. The van der Waals surface area contributed by atoms with Crippen molar-refractivity contribution in [3.63, 3.8) is 0 Å². The van der Waals surface area contributed by atoms with Crippen LogP contribution in [0.3, 0.4) is 0 Å². The van der Waals surface area contributed by atoms with E-state index in [2.05, 4.69) is 15.9 Å². The van der Waals surface area contributed by atoms with E-state index in [-0.39, 0.29) is 23.4 Å². The fourth-order valence-corrected chi connectivity index (χ4v) is 4.23. The van der Waals surface area contributed by atoms with Crippen molar-refractivity contribution in [2.45, 2.75) is 30.0 Å². The highest BCUT2D eigenvalue weighted by atomic mass is 79.9. The van der Waals surface area contributed by atoms with Crippen LogP contribution in [0.25, 0.3) is 0 Å². The third-order valence-electron chi connectivity index (χ3n) is 3.18. The Kier molecular flexibility index (Phi) is 5.28. The minimum Gasteiger partial charge on any atom is -0.386 e. The van der Waals surface area contributed by atoms with Crippen molar-refractivity contribution < 1.29 is 18.4 Å². The van der Waals surface area contributed by atoms with Crippen LogP contribution in [0.2, 0.25) is 0 Å². The number of sulfone groups is 1. The summed E-state index contributed by atoms with van der Waals surface area (Å²) in [5, 5.41) is 21.1. The van der Waals surface area contributed by atoms with E-state index in [1.165, 1.54) is 31.2 Å². The van der Waals surface area contributed by atoms with Gasteiger partial charge in [-0.3, -0.25) is 10.1 Å². The van der Waals surface area contributed by atoms with Crippen molar-refractivity contribution in [1.82, 2.24) is 0 Å². The van der Waals surface area contributed by atoms with Crippen LogP contribution in [-0.4, -0.2) is 27.9 Å². The number of nitrogens with zero attached hydrogens (tertiary/aromatic N) is 1. The molecule has 0 bridgehead atoms. The molecule has 0 aliphatic heterocycles. The SMILES string of the molecule is CC[C@](Br)([C@H](O)c1cccc([N+](=O)[O-])c1)S(=O)(=O)CC. The Labute approximate surface area is 126 Å². The fraction of sp³-hybridized carbons (Fsp3) is 0.500. The number of aliphatic hydroxyl groups excluding tert-OH is 1. The zero-order valence-corrected chi connectivity index (χ0v) is 13.5. The standard InChI is InChI=1S/C12H16BrNO5S/c1-3-12(13,20(18,19)4-2)11(15)9-6-5-7-10(8-9)14(16)17/h5-8,11,15H,3-4H2,1-2H3/t11-,12-/m1/s1. The number of aliphatic hydroxyl groups is 1. The minimum atomic E-state index is -3.59. The predicted molar refractivity (Wildman–Crippen MR) is 79.5 cm³/mol. The Morgan fingerprint density at radius 1 is 1.45 bits per heavy atom. The second-order valence-electron chi connectivity index (χ2n) is 4.30. The number of halogens is 1. The molecule has 8 heteroatoms. The number of hydrogen-bond donors (Lipinski definition) is 1. The number of hydrogen-bond acceptors (Lipinski definition) is 5. The predicted octanol–water partition coefficient (Wildman–Crippen LogP) is 2.56. The molecule has 0 saturated carbocycles. The summed E-state index contributed by atoms with van der Waals surface area (Å²) in [6, 6.07) is 5.35. The molecule has 0 heterocycles. The Balaban J connectivity index is 3.31. The van der Waals surface area contributed by atoms with E-state index in [0.717, 1.165) is 0 Å². The van der Waals surface area contributed by atoms with Crippen molar-refractivity contribution >= 4 is 31.5 Å². The maximum Gasteiger partial charge on any atom is 0.269 e. The van der Waals surface area contributed by atoms with Crippen molar-refractivity contribution in [3.8, 4) is 0 Å². The van der Waals surface area contributed by atoms with Gasteiger partial charge in [0, 0.05) is 17.9 Å². The molecule has 1 rings (SSSR count). The van der Waals surface area contributed by atoms with E-state index in [1.54, 1.807) is 6.92 Å². The third-order valence-corrected chi connectivity index (χ3v) is 7.96. The molecular formula is C12H16BrNO5S. The molecule has 1 N–H and O–H groups in total. The van der Waals surface area contributed by atoms with Gasteiger partial charge in [-0.25, -0.2) is 8.42 Å². The molecule has 0 spiro atoms. The largest absolute Gasteiger partial charge is 0.386 e. The molecule has 0 fully saturated rings. The molecule has 20 heavy (non-hydrogen) atoms. The van der Waals surface area contributed by atoms with Crippen LogP contribution in [0.1, 0.15) is 31.9 Å². The van der Waals surface area contributed by atoms with E-state index in [0.29, 0.717) is 0 Å². The molecule has 0 aliphatic carbocycles. The van der Waals surface area contributed by atoms with Crippen LogP contribution in [-0.2, 0) is 9.84 Å². The van der Waals surface area contributed by atoms with Crippen molar-refractivity contribution in [1.29, 1.82) is 0 Å². The van der Waals surface area contributed by atoms with Crippen LogP contribution in [0.5, 0.6) is 0 Å². The molecule has 0 unspecified atom stereocenters. The number of non-ortho nitro benzene ring substituents is 1. The fourth-order valence-electron chi connectivity index (χ4n) is 1.88. The van der Waals surface area contributed by atoms with Crippen molar-refractivity contribution in [3.05, 3.63) is 39.9 Å². The highest BCUT2D eigenvalue weighted by Crippen LogP contribution is 2.42. The van der Waals surface area contributed by atoms with Crippen LogP contribution in [0, 0.1) is 10.1 Å². The topological polar surface area (TPSA) is 97.5 Å². The third kappa shape index (κ3) is 3.02. The molecule has 1 aromatic carbocycles. The van der Waals surface area contributed by atoms with Gasteiger partial charge in [0.1, 0.15) is 6.10 Å². The molecule has 0 radical (unpaired) electrons. The molecular weight excluding hydrogens is 350 g/mol. The maximum absolute atomic E-state index is 12.1. The molecule has 0 aliphatic rings. The van der Waals surface area contributed by atoms with Crippen LogP contribution in [0.4, 0.5) is 5.69 Å². The molecule has 1 aromatic rings. The Bertz CT molecular complexity index is 604. The van der Waals surface area contributed by atoms with Crippen LogP contribution >= 0.6 is 15.9 Å². The average molecular weight is 366 g/mol. The van der Waals surface area contributed by atoms with Crippen molar-refractivity contribution in [2.75, 3.05) is 5.75 Å². The van der Waals surface area contributed by atoms with Gasteiger partial charge in [0.05, 0.1) is 4.92 Å². The Morgan fingerprint density at radius 2 is 2.05 bits per heavy atom. The summed E-state index contributed by atoms with van der Waals surface area (Å²) in [7, 11) is -3.59. The number of rotatable bonds is 6. The van der Waals surface area contributed by atoms with Crippen molar-refractivity contribution in [2.24, 2.45) is 0 Å². The van der Waals surface area contributed by atoms with Crippen LogP contribution in [0.15, 0.2) is 24.3 Å². The minimum absolute atomic E-state index is 0.132. The summed E-state index contributed by atoms with van der Waals surface area (Å²) >= 11 is 3.12. The molecule has 6 nitrogen and oxygen atoms in total. The molecule has 0 aromatic heterocycles. The van der Waals surface area contributed by atoms with E-state index < -0.39 is 24.5 Å². The molecule has 0 saturated heterocycles. The second kappa shape index (κ2) is 6.19. The first-order chi connectivity index (χ1) is 9.19. The Hall–Kier alpha value is -0.990. The van der Waals surface area contributed by atoms with Gasteiger partial charge in [-0.15, -0.1) is 0 Å². The maximum atomic E-state index is 12.1. The summed E-state index contributed by atoms with van der Waals surface area (Å²) in [5.74, 6) is -0.141. The highest BCUT2D eigenvalue weighted by molar-refractivity contribution is 9.11. The highest BCUT2D eigenvalue weighted by Gasteiger charge is 2.46. The summed E-state index contributed by atoms with van der Waals surface area (Å²) < 4.78 is 22.7. The summed E-state index contributed by atoms with van der Waals surface area (Å²) in [6.07, 6.45) is -1.26. The quantitative estimate of drug-likeness (QED) is 0.474. The normalized spacial score (nSPS) is 16.4. The van der Waals surface area contributed by atoms with E-state index in [9.17, 15) is 23.6 Å². The number of alkyl halides is 1. The summed E-state index contributed by atoms with van der Waals surface area (Å²) in [5.41, 5.74) is -0.00338. The first kappa shape index (κ1) is 17.1. The van der Waals surface area contributed by atoms with E-state index in [4.69, 9.17) is 0 Å². The lowest BCUT2D eigenvalue weighted by Crippen LogP contribution is -2.39. The molecule has 0 amide bonds. The second-order valence-corrected chi connectivity index (χ2v) is 8.77. The first-order valence-corrected chi connectivity index (χ1v) is 8.47. The van der Waals surface area contributed by atoms with E-state index in [1.807, 2.05) is 0 Å². The zero-order chi connectivity index (χ0) is 15.6. The van der Waals surface area contributed by atoms with Gasteiger partial charge in [0.15, 0.2) is 13.5 Å². The number of nitro benzene ring substituents is 1. The lowest BCUT2D eigenvalue weighted by atomic mass is 10.0. The average Bonchev–Trinajstić information content (AvgIpc) is 2.45. The lowest BCUT2D eigenvalue weighted by molar-refractivity contribution is -0.385. The van der Waals surface area contributed by atoms with Gasteiger partial charge < -0.3 is 5.11 Å². The van der Waals surface area contributed by atoms with Gasteiger partial charge >= 0.3 is 0 Å².